The third kappa shape index (κ3) is 5.17. The van der Waals surface area contributed by atoms with Crippen molar-refractivity contribution < 1.29 is 9.53 Å². The summed E-state index contributed by atoms with van der Waals surface area (Å²) < 4.78 is 7.24. The largest absolute Gasteiger partial charge is 0.381 e. The van der Waals surface area contributed by atoms with E-state index in [9.17, 15) is 4.79 Å². The fraction of sp³-hybridized carbons (Fsp3) is 0.471. The lowest BCUT2D eigenvalue weighted by atomic mass is 10.0. The maximum atomic E-state index is 11.1. The summed E-state index contributed by atoms with van der Waals surface area (Å²) in [5.74, 6) is -0.162. The Bertz CT molecular complexity index is 639. The van der Waals surface area contributed by atoms with Gasteiger partial charge in [-0.15, -0.1) is 5.10 Å². The predicted octanol–water partition coefficient (Wildman–Crippen LogP) is 2.36. The van der Waals surface area contributed by atoms with Crippen LogP contribution in [0.4, 0.5) is 0 Å². The van der Waals surface area contributed by atoms with E-state index in [4.69, 9.17) is 10.5 Å². The quantitative estimate of drug-likeness (QED) is 0.720. The standard InChI is InChI=1S/C17H24N4O2/c1-3-4-8-23-11-13(2)9-14-6-5-7-15(10-14)21-12-19-17(20-21)16(18)22/h5-7,10,12-13H,3-4,8-9,11H2,1-2H3,(H2,18,22). The Morgan fingerprint density at radius 2 is 2.26 bits per heavy atom. The van der Waals surface area contributed by atoms with E-state index >= 15 is 0 Å². The van der Waals surface area contributed by atoms with E-state index in [2.05, 4.69) is 30.0 Å². The topological polar surface area (TPSA) is 83.0 Å². The van der Waals surface area contributed by atoms with Crippen LogP contribution >= 0.6 is 0 Å². The summed E-state index contributed by atoms with van der Waals surface area (Å²) in [6.07, 6.45) is 4.69. The maximum Gasteiger partial charge on any atom is 0.288 e. The molecule has 23 heavy (non-hydrogen) atoms. The van der Waals surface area contributed by atoms with Crippen LogP contribution in [0.2, 0.25) is 0 Å². The Morgan fingerprint density at radius 3 is 2.96 bits per heavy atom. The van der Waals surface area contributed by atoms with Gasteiger partial charge in [-0.25, -0.2) is 9.67 Å². The summed E-state index contributed by atoms with van der Waals surface area (Å²) in [6.45, 7) is 5.93. The average molecular weight is 316 g/mol. The van der Waals surface area contributed by atoms with Crippen molar-refractivity contribution in [3.05, 3.63) is 42.0 Å². The lowest BCUT2D eigenvalue weighted by Gasteiger charge is -2.12. The van der Waals surface area contributed by atoms with Gasteiger partial charge in [0.2, 0.25) is 5.82 Å². The molecule has 0 bridgehead atoms. The second-order valence-electron chi connectivity index (χ2n) is 5.78. The number of rotatable bonds is 9. The third-order valence-corrected chi connectivity index (χ3v) is 3.52. The van der Waals surface area contributed by atoms with Crippen LogP contribution < -0.4 is 5.73 Å². The fourth-order valence-corrected chi connectivity index (χ4v) is 2.32. The minimum atomic E-state index is -0.627. The molecule has 0 aliphatic rings. The van der Waals surface area contributed by atoms with Gasteiger partial charge < -0.3 is 10.5 Å². The second kappa shape index (κ2) is 8.43. The number of ether oxygens (including phenoxy) is 1. The predicted molar refractivity (Wildman–Crippen MR) is 88.5 cm³/mol. The van der Waals surface area contributed by atoms with Crippen molar-refractivity contribution in [2.45, 2.75) is 33.1 Å². The van der Waals surface area contributed by atoms with Crippen LogP contribution in [0, 0.1) is 5.92 Å². The number of nitrogens with two attached hydrogens (primary N) is 1. The lowest BCUT2D eigenvalue weighted by Crippen LogP contribution is -2.13. The van der Waals surface area contributed by atoms with Crippen LogP contribution in [0.1, 0.15) is 42.9 Å². The number of amides is 1. The SMILES string of the molecule is CCCCOCC(C)Cc1cccc(-n2cnc(C(N)=O)n2)c1. The molecule has 6 heteroatoms. The monoisotopic (exact) mass is 316 g/mol. The molecule has 2 aromatic rings. The first-order chi connectivity index (χ1) is 11.1. The Kier molecular flexibility index (Phi) is 6.29. The van der Waals surface area contributed by atoms with E-state index in [0.29, 0.717) is 5.92 Å². The number of nitrogens with zero attached hydrogens (tertiary/aromatic N) is 3. The summed E-state index contributed by atoms with van der Waals surface area (Å²) in [6, 6.07) is 8.02. The zero-order valence-corrected chi connectivity index (χ0v) is 13.7. The number of carbonyl (C=O) groups excluding carboxylic acids is 1. The van der Waals surface area contributed by atoms with E-state index in [1.165, 1.54) is 11.9 Å². The first-order valence-electron chi connectivity index (χ1n) is 7.98. The Morgan fingerprint density at radius 1 is 1.43 bits per heavy atom. The minimum absolute atomic E-state index is 0.0214. The fourth-order valence-electron chi connectivity index (χ4n) is 2.32. The highest BCUT2D eigenvalue weighted by atomic mass is 16.5. The number of carbonyl (C=O) groups is 1. The number of benzene rings is 1. The van der Waals surface area contributed by atoms with Gasteiger partial charge in [-0.05, 0) is 36.5 Å². The summed E-state index contributed by atoms with van der Waals surface area (Å²) in [5.41, 5.74) is 7.24. The molecule has 6 nitrogen and oxygen atoms in total. The average Bonchev–Trinajstić information content (AvgIpc) is 3.02. The lowest BCUT2D eigenvalue weighted by molar-refractivity contribution is 0.0990. The highest BCUT2D eigenvalue weighted by Gasteiger charge is 2.09. The Labute approximate surface area is 136 Å². The number of primary amides is 1. The van der Waals surface area contributed by atoms with Crippen molar-refractivity contribution in [1.29, 1.82) is 0 Å². The van der Waals surface area contributed by atoms with Crippen LogP contribution in [0.5, 0.6) is 0 Å². The van der Waals surface area contributed by atoms with Gasteiger partial charge in [-0.3, -0.25) is 4.79 Å². The molecule has 0 aliphatic carbocycles. The molecule has 2 N–H and O–H groups in total. The van der Waals surface area contributed by atoms with Crippen molar-refractivity contribution in [1.82, 2.24) is 14.8 Å². The van der Waals surface area contributed by atoms with Crippen LogP contribution in [-0.2, 0) is 11.2 Å². The molecule has 1 amide bonds. The van der Waals surface area contributed by atoms with Gasteiger partial charge in [0.15, 0.2) is 0 Å². The molecule has 1 unspecified atom stereocenters. The molecule has 2 rings (SSSR count). The van der Waals surface area contributed by atoms with Gasteiger partial charge >= 0.3 is 0 Å². The molecule has 0 fully saturated rings. The molecule has 0 saturated heterocycles. The Hall–Kier alpha value is -2.21. The van der Waals surface area contributed by atoms with E-state index in [1.54, 1.807) is 4.68 Å². The van der Waals surface area contributed by atoms with Gasteiger partial charge in [0, 0.05) is 13.2 Å². The molecule has 1 heterocycles. The summed E-state index contributed by atoms with van der Waals surface area (Å²) in [7, 11) is 0. The molecule has 0 saturated carbocycles. The molecule has 0 spiro atoms. The van der Waals surface area contributed by atoms with Gasteiger partial charge in [0.05, 0.1) is 5.69 Å². The first kappa shape index (κ1) is 17.1. The summed E-state index contributed by atoms with van der Waals surface area (Å²) in [4.78, 5) is 15.0. The molecule has 1 aromatic carbocycles. The number of unbranched alkanes of at least 4 members (excludes halogenated alkanes) is 1. The second-order valence-corrected chi connectivity index (χ2v) is 5.78. The minimum Gasteiger partial charge on any atom is -0.381 e. The molecule has 124 valence electrons. The molecule has 0 aliphatic heterocycles. The number of hydrogen-bond donors (Lipinski definition) is 1. The van der Waals surface area contributed by atoms with E-state index < -0.39 is 5.91 Å². The van der Waals surface area contributed by atoms with E-state index in [0.717, 1.165) is 38.2 Å². The zero-order valence-electron chi connectivity index (χ0n) is 13.7. The van der Waals surface area contributed by atoms with Gasteiger partial charge in [0.25, 0.3) is 5.91 Å². The molecular weight excluding hydrogens is 292 g/mol. The highest BCUT2D eigenvalue weighted by molar-refractivity contribution is 5.88. The molecule has 1 aromatic heterocycles. The van der Waals surface area contributed by atoms with E-state index in [-0.39, 0.29) is 5.82 Å². The van der Waals surface area contributed by atoms with Gasteiger partial charge in [0.1, 0.15) is 6.33 Å². The van der Waals surface area contributed by atoms with Crippen molar-refractivity contribution >= 4 is 5.91 Å². The zero-order chi connectivity index (χ0) is 16.7. The number of hydrogen-bond acceptors (Lipinski definition) is 4. The summed E-state index contributed by atoms with van der Waals surface area (Å²) in [5, 5.41) is 4.08. The van der Waals surface area contributed by atoms with Gasteiger partial charge in [-0.2, -0.15) is 0 Å². The van der Waals surface area contributed by atoms with E-state index in [1.807, 2.05) is 18.2 Å². The van der Waals surface area contributed by atoms with Crippen molar-refractivity contribution in [3.63, 3.8) is 0 Å². The van der Waals surface area contributed by atoms with Crippen LogP contribution in [0.15, 0.2) is 30.6 Å². The molecule has 1 atom stereocenters. The van der Waals surface area contributed by atoms with Crippen LogP contribution in [0.3, 0.4) is 0 Å². The van der Waals surface area contributed by atoms with Crippen LogP contribution in [0.25, 0.3) is 5.69 Å². The Balaban J connectivity index is 1.97. The summed E-state index contributed by atoms with van der Waals surface area (Å²) >= 11 is 0. The van der Waals surface area contributed by atoms with Crippen molar-refractivity contribution in [3.8, 4) is 5.69 Å². The molecule has 0 radical (unpaired) electrons. The molecular formula is C17H24N4O2. The van der Waals surface area contributed by atoms with Gasteiger partial charge in [-0.1, -0.05) is 32.4 Å². The number of aromatic nitrogens is 3. The van der Waals surface area contributed by atoms with Crippen molar-refractivity contribution in [2.24, 2.45) is 11.7 Å². The smallest absolute Gasteiger partial charge is 0.288 e. The maximum absolute atomic E-state index is 11.1. The highest BCUT2D eigenvalue weighted by Crippen LogP contribution is 2.14. The van der Waals surface area contributed by atoms with Crippen LogP contribution in [-0.4, -0.2) is 33.9 Å². The third-order valence-electron chi connectivity index (χ3n) is 3.52. The first-order valence-corrected chi connectivity index (χ1v) is 7.98. The normalized spacial score (nSPS) is 12.3. The van der Waals surface area contributed by atoms with Crippen molar-refractivity contribution in [2.75, 3.05) is 13.2 Å².